The summed E-state index contributed by atoms with van der Waals surface area (Å²) >= 11 is 0. The molecule has 0 aromatic heterocycles. The van der Waals surface area contributed by atoms with Gasteiger partial charge < -0.3 is 15.2 Å². The van der Waals surface area contributed by atoms with Crippen LogP contribution in [0.3, 0.4) is 0 Å². The van der Waals surface area contributed by atoms with Gasteiger partial charge >= 0.3 is 11.9 Å². The van der Waals surface area contributed by atoms with Crippen molar-refractivity contribution in [2.45, 2.75) is 19.4 Å². The summed E-state index contributed by atoms with van der Waals surface area (Å²) in [4.78, 5) is 32.6. The molecule has 0 saturated heterocycles. The molecule has 0 heterocycles. The third-order valence-electron chi connectivity index (χ3n) is 2.65. The molecule has 6 heteroatoms. The van der Waals surface area contributed by atoms with Crippen molar-refractivity contribution >= 4 is 23.9 Å². The highest BCUT2D eigenvalue weighted by Crippen LogP contribution is 2.06. The van der Waals surface area contributed by atoms with Crippen LogP contribution >= 0.6 is 0 Å². The summed E-state index contributed by atoms with van der Waals surface area (Å²) in [7, 11) is 1.31. The minimum absolute atomic E-state index is 0.0325. The van der Waals surface area contributed by atoms with Gasteiger partial charge in [-0.2, -0.15) is 0 Å². The third-order valence-corrected chi connectivity index (χ3v) is 2.65. The van der Waals surface area contributed by atoms with Crippen LogP contribution in [0.15, 0.2) is 30.3 Å². The molecular formula is C15H17NO5. The normalized spacial score (nSPS) is 10.3. The van der Waals surface area contributed by atoms with Gasteiger partial charge in [0.15, 0.2) is 0 Å². The number of nitrogens with one attached hydrogen (secondary N) is 1. The fraction of sp³-hybridized carbons (Fsp3) is 0.267. The Morgan fingerprint density at radius 1 is 1.19 bits per heavy atom. The van der Waals surface area contributed by atoms with E-state index < -0.39 is 11.9 Å². The van der Waals surface area contributed by atoms with Crippen LogP contribution in [0.25, 0.3) is 6.08 Å². The zero-order valence-electron chi connectivity index (χ0n) is 11.7. The molecule has 0 radical (unpaired) electrons. The highest BCUT2D eigenvalue weighted by molar-refractivity contribution is 5.86. The van der Waals surface area contributed by atoms with E-state index in [4.69, 9.17) is 5.11 Å². The number of carboxylic acid groups (broad SMARTS) is 1. The Labute approximate surface area is 122 Å². The van der Waals surface area contributed by atoms with Crippen molar-refractivity contribution in [3.05, 3.63) is 41.5 Å². The number of carbonyl (C=O) groups is 3. The molecule has 2 N–H and O–H groups in total. The number of methoxy groups -OCH3 is 1. The molecule has 0 bridgehead atoms. The Morgan fingerprint density at radius 2 is 1.86 bits per heavy atom. The molecule has 112 valence electrons. The van der Waals surface area contributed by atoms with Crippen molar-refractivity contribution < 1.29 is 24.2 Å². The molecule has 21 heavy (non-hydrogen) atoms. The first-order valence-electron chi connectivity index (χ1n) is 6.34. The van der Waals surface area contributed by atoms with E-state index in [1.54, 1.807) is 18.2 Å². The van der Waals surface area contributed by atoms with Crippen molar-refractivity contribution in [3.8, 4) is 0 Å². The van der Waals surface area contributed by atoms with Gasteiger partial charge in [-0.1, -0.05) is 24.3 Å². The molecule has 0 aliphatic rings. The molecule has 0 atom stereocenters. The molecule has 1 amide bonds. The van der Waals surface area contributed by atoms with E-state index in [1.807, 2.05) is 12.1 Å². The van der Waals surface area contributed by atoms with Crippen LogP contribution in [0.2, 0.25) is 0 Å². The summed E-state index contributed by atoms with van der Waals surface area (Å²) < 4.78 is 4.49. The van der Waals surface area contributed by atoms with Crippen LogP contribution in [0.4, 0.5) is 0 Å². The van der Waals surface area contributed by atoms with Crippen molar-refractivity contribution in [1.82, 2.24) is 5.32 Å². The fourth-order valence-corrected chi connectivity index (χ4v) is 1.49. The predicted molar refractivity (Wildman–Crippen MR) is 76.2 cm³/mol. The van der Waals surface area contributed by atoms with Crippen LogP contribution in [0.5, 0.6) is 0 Å². The lowest BCUT2D eigenvalue weighted by atomic mass is 10.1. The van der Waals surface area contributed by atoms with Crippen molar-refractivity contribution in [2.24, 2.45) is 0 Å². The zero-order valence-corrected chi connectivity index (χ0v) is 11.7. The molecule has 0 unspecified atom stereocenters. The molecule has 0 aliphatic carbocycles. The second kappa shape index (κ2) is 8.52. The minimum Gasteiger partial charge on any atom is -0.481 e. The van der Waals surface area contributed by atoms with Crippen LogP contribution in [0, 0.1) is 0 Å². The van der Waals surface area contributed by atoms with Gasteiger partial charge in [0.25, 0.3) is 0 Å². The maximum Gasteiger partial charge on any atom is 0.330 e. The Hall–Kier alpha value is -2.63. The summed E-state index contributed by atoms with van der Waals surface area (Å²) in [6, 6.07) is 7.24. The molecule has 0 fully saturated rings. The monoisotopic (exact) mass is 291 g/mol. The van der Waals surface area contributed by atoms with E-state index in [9.17, 15) is 14.4 Å². The summed E-state index contributed by atoms with van der Waals surface area (Å²) in [5, 5.41) is 11.1. The van der Waals surface area contributed by atoms with Crippen LogP contribution < -0.4 is 5.32 Å². The van der Waals surface area contributed by atoms with Gasteiger partial charge in [0.2, 0.25) is 5.91 Å². The van der Waals surface area contributed by atoms with Crippen LogP contribution in [-0.4, -0.2) is 30.1 Å². The van der Waals surface area contributed by atoms with Crippen LogP contribution in [-0.2, 0) is 25.7 Å². The van der Waals surface area contributed by atoms with Gasteiger partial charge in [0, 0.05) is 19.0 Å². The summed E-state index contributed by atoms with van der Waals surface area (Å²) in [5.74, 6) is -1.72. The van der Waals surface area contributed by atoms with E-state index in [0.717, 1.165) is 11.1 Å². The van der Waals surface area contributed by atoms with Gasteiger partial charge in [0.05, 0.1) is 13.5 Å². The van der Waals surface area contributed by atoms with Gasteiger partial charge in [-0.25, -0.2) is 4.79 Å². The first-order valence-corrected chi connectivity index (χ1v) is 6.34. The van der Waals surface area contributed by atoms with Crippen molar-refractivity contribution in [1.29, 1.82) is 0 Å². The number of rotatable bonds is 7. The SMILES string of the molecule is COC(=O)/C=C/c1ccc(CNC(=O)CCC(=O)O)cc1. The maximum absolute atomic E-state index is 11.4. The van der Waals surface area contributed by atoms with Gasteiger partial charge in [-0.3, -0.25) is 9.59 Å². The average molecular weight is 291 g/mol. The fourth-order valence-electron chi connectivity index (χ4n) is 1.49. The Bertz CT molecular complexity index is 533. The number of ether oxygens (including phenoxy) is 1. The van der Waals surface area contributed by atoms with E-state index >= 15 is 0 Å². The predicted octanol–water partition coefficient (Wildman–Crippen LogP) is 1.35. The lowest BCUT2D eigenvalue weighted by Crippen LogP contribution is -2.23. The molecule has 0 spiro atoms. The van der Waals surface area contributed by atoms with Gasteiger partial charge in [0.1, 0.15) is 0 Å². The van der Waals surface area contributed by atoms with E-state index in [2.05, 4.69) is 10.1 Å². The second-order valence-electron chi connectivity index (χ2n) is 4.27. The Kier molecular flexibility index (Phi) is 6.67. The quantitative estimate of drug-likeness (QED) is 0.584. The summed E-state index contributed by atoms with van der Waals surface area (Å²) in [5.41, 5.74) is 1.72. The number of amides is 1. The van der Waals surface area contributed by atoms with Gasteiger partial charge in [-0.05, 0) is 17.2 Å². The molecule has 0 saturated carbocycles. The average Bonchev–Trinajstić information content (AvgIpc) is 2.49. The molecule has 0 aliphatic heterocycles. The first-order chi connectivity index (χ1) is 10.0. The number of hydrogen-bond donors (Lipinski definition) is 2. The Balaban J connectivity index is 2.44. The minimum atomic E-state index is -0.994. The molecule has 1 rings (SSSR count). The summed E-state index contributed by atoms with van der Waals surface area (Å²) in [6.45, 7) is 0.333. The number of aliphatic carboxylic acids is 1. The topological polar surface area (TPSA) is 92.7 Å². The largest absolute Gasteiger partial charge is 0.481 e. The summed E-state index contributed by atoms with van der Waals surface area (Å²) in [6.07, 6.45) is 2.74. The second-order valence-corrected chi connectivity index (χ2v) is 4.27. The molecule has 6 nitrogen and oxygen atoms in total. The van der Waals surface area contributed by atoms with E-state index in [1.165, 1.54) is 13.2 Å². The van der Waals surface area contributed by atoms with Crippen molar-refractivity contribution in [3.63, 3.8) is 0 Å². The number of benzene rings is 1. The number of carbonyl (C=O) groups excluding carboxylic acids is 2. The lowest BCUT2D eigenvalue weighted by Gasteiger charge is -2.05. The third kappa shape index (κ3) is 6.91. The van der Waals surface area contributed by atoms with Gasteiger partial charge in [-0.15, -0.1) is 0 Å². The molecular weight excluding hydrogens is 274 g/mol. The van der Waals surface area contributed by atoms with E-state index in [0.29, 0.717) is 6.54 Å². The smallest absolute Gasteiger partial charge is 0.330 e. The number of hydrogen-bond acceptors (Lipinski definition) is 4. The number of esters is 1. The first kappa shape index (κ1) is 16.4. The highest BCUT2D eigenvalue weighted by atomic mass is 16.5. The highest BCUT2D eigenvalue weighted by Gasteiger charge is 2.04. The van der Waals surface area contributed by atoms with E-state index in [-0.39, 0.29) is 18.7 Å². The maximum atomic E-state index is 11.4. The molecule has 1 aromatic rings. The Morgan fingerprint density at radius 3 is 2.43 bits per heavy atom. The van der Waals surface area contributed by atoms with Crippen molar-refractivity contribution in [2.75, 3.05) is 7.11 Å². The molecule has 1 aromatic carbocycles. The van der Waals surface area contributed by atoms with Crippen LogP contribution in [0.1, 0.15) is 24.0 Å². The number of carboxylic acids is 1. The zero-order chi connectivity index (χ0) is 15.7. The standard InChI is InChI=1S/C15H17NO5/c1-21-15(20)9-6-11-2-4-12(5-3-11)10-16-13(17)7-8-14(18)19/h2-6,9H,7-8,10H2,1H3,(H,16,17)(H,18,19)/b9-6+. The lowest BCUT2D eigenvalue weighted by molar-refractivity contribution is -0.138.